The second kappa shape index (κ2) is 24.8. The van der Waals surface area contributed by atoms with Gasteiger partial charge in [0.25, 0.3) is 0 Å². The summed E-state index contributed by atoms with van der Waals surface area (Å²) in [4.78, 5) is 5.16. The van der Waals surface area contributed by atoms with Gasteiger partial charge in [-0.3, -0.25) is 0 Å². The molecule has 0 saturated heterocycles. The molecule has 0 N–H and O–H groups in total. The van der Waals surface area contributed by atoms with Gasteiger partial charge in [-0.25, -0.2) is 0 Å². The van der Waals surface area contributed by atoms with Gasteiger partial charge in [0.15, 0.2) is 0 Å². The van der Waals surface area contributed by atoms with Crippen molar-refractivity contribution < 1.29 is 0 Å². The summed E-state index contributed by atoms with van der Waals surface area (Å²) in [5, 5.41) is 9.88. The third-order valence-corrected chi connectivity index (χ3v) is 23.1. The normalized spacial score (nSPS) is 13.1. The van der Waals surface area contributed by atoms with Gasteiger partial charge >= 0.3 is 0 Å². The molecule has 0 amide bonds. The molecule has 0 heterocycles. The van der Waals surface area contributed by atoms with E-state index in [0.717, 1.165) is 34.0 Å². The molecule has 0 fully saturated rings. The number of anilines is 6. The molecule has 105 heavy (non-hydrogen) atoms. The first-order valence-electron chi connectivity index (χ1n) is 37.0. The van der Waals surface area contributed by atoms with Crippen LogP contribution >= 0.6 is 0 Å². The van der Waals surface area contributed by atoms with E-state index in [1.54, 1.807) is 0 Å². The second-order valence-electron chi connectivity index (χ2n) is 30.1. The first kappa shape index (κ1) is 63.3. The summed E-state index contributed by atoms with van der Waals surface area (Å²) in [6, 6.07) is 130. The minimum atomic E-state index is -0.307. The minimum Gasteiger partial charge on any atom is -0.309 e. The molecule has 0 spiro atoms. The molecular formula is C103H78N2. The predicted molar refractivity (Wildman–Crippen MR) is 448 cm³/mol. The van der Waals surface area contributed by atoms with Crippen molar-refractivity contribution in [2.75, 3.05) is 9.80 Å². The van der Waals surface area contributed by atoms with Crippen LogP contribution in [0.15, 0.2) is 346 Å². The van der Waals surface area contributed by atoms with Crippen molar-refractivity contribution in [3.05, 3.63) is 385 Å². The minimum absolute atomic E-state index is 0.188. The van der Waals surface area contributed by atoms with E-state index in [9.17, 15) is 0 Å². The van der Waals surface area contributed by atoms with Gasteiger partial charge in [0, 0.05) is 38.9 Å². The van der Waals surface area contributed by atoms with Crippen molar-refractivity contribution in [1.29, 1.82) is 0 Å². The van der Waals surface area contributed by atoms with Crippen molar-refractivity contribution >= 4 is 77.2 Å². The highest BCUT2D eigenvalue weighted by Gasteiger charge is 2.41. The smallest absolute Gasteiger partial charge is 0.0569 e. The van der Waals surface area contributed by atoms with Crippen LogP contribution in [0.1, 0.15) is 66.6 Å². The van der Waals surface area contributed by atoms with Gasteiger partial charge in [-0.1, -0.05) is 289 Å². The van der Waals surface area contributed by atoms with Crippen LogP contribution in [-0.2, 0) is 10.8 Å². The molecule has 17 aromatic carbocycles. The van der Waals surface area contributed by atoms with Crippen molar-refractivity contribution in [2.45, 2.75) is 59.3 Å². The average Bonchev–Trinajstić information content (AvgIpc) is 1.59. The van der Waals surface area contributed by atoms with Gasteiger partial charge in [0.1, 0.15) is 0 Å². The fraction of sp³-hybridized carbons (Fsp3) is 0.0874. The fourth-order valence-electron chi connectivity index (χ4n) is 18.0. The number of benzene rings is 17. The first-order chi connectivity index (χ1) is 51.3. The number of hydrogen-bond acceptors (Lipinski definition) is 2. The van der Waals surface area contributed by atoms with Crippen molar-refractivity contribution in [1.82, 2.24) is 0 Å². The summed E-state index contributed by atoms with van der Waals surface area (Å²) in [5.41, 5.74) is 34.7. The lowest BCUT2D eigenvalue weighted by Gasteiger charge is -2.32. The zero-order valence-electron chi connectivity index (χ0n) is 60.3. The molecular weight excluding hydrogens is 1270 g/mol. The molecule has 0 radical (unpaired) electrons. The number of aryl methyl sites for hydroxylation is 3. The fourth-order valence-corrected chi connectivity index (χ4v) is 18.0. The molecule has 0 atom stereocenters. The predicted octanol–water partition coefficient (Wildman–Crippen LogP) is 28.8. The van der Waals surface area contributed by atoms with Gasteiger partial charge in [-0.15, -0.1) is 0 Å². The Morgan fingerprint density at radius 1 is 0.210 bits per heavy atom. The lowest BCUT2D eigenvalue weighted by molar-refractivity contribution is 0.660. The molecule has 17 aromatic rings. The van der Waals surface area contributed by atoms with Crippen LogP contribution in [0.2, 0.25) is 0 Å². The monoisotopic (exact) mass is 1340 g/mol. The molecule has 0 saturated carbocycles. The maximum atomic E-state index is 2.59. The Labute approximate surface area is 616 Å². The topological polar surface area (TPSA) is 6.48 Å². The summed E-state index contributed by atoms with van der Waals surface area (Å²) in [7, 11) is 0. The molecule has 2 aliphatic rings. The molecule has 0 aliphatic heterocycles. The lowest BCUT2D eigenvalue weighted by Crippen LogP contribution is -2.17. The molecule has 0 unspecified atom stereocenters. The van der Waals surface area contributed by atoms with Crippen LogP contribution in [0.3, 0.4) is 0 Å². The summed E-state index contributed by atoms with van der Waals surface area (Å²) >= 11 is 0. The van der Waals surface area contributed by atoms with E-state index in [1.807, 2.05) is 0 Å². The molecule has 2 aliphatic carbocycles. The third-order valence-electron chi connectivity index (χ3n) is 23.1. The summed E-state index contributed by atoms with van der Waals surface area (Å²) in [6.45, 7) is 16.5. The van der Waals surface area contributed by atoms with E-state index in [2.05, 4.69) is 404 Å². The molecule has 2 heteroatoms. The van der Waals surface area contributed by atoms with Gasteiger partial charge in [-0.2, -0.15) is 0 Å². The van der Waals surface area contributed by atoms with Crippen molar-refractivity contribution in [3.8, 4) is 89.0 Å². The third kappa shape index (κ3) is 10.4. The lowest BCUT2D eigenvalue weighted by atomic mass is 9.81. The van der Waals surface area contributed by atoms with E-state index in [4.69, 9.17) is 0 Å². The van der Waals surface area contributed by atoms with E-state index in [1.165, 1.54) is 171 Å². The van der Waals surface area contributed by atoms with E-state index in [-0.39, 0.29) is 10.8 Å². The van der Waals surface area contributed by atoms with Gasteiger partial charge in [0.05, 0.1) is 22.7 Å². The Morgan fingerprint density at radius 2 is 0.610 bits per heavy atom. The zero-order chi connectivity index (χ0) is 70.8. The molecule has 2 nitrogen and oxygen atoms in total. The summed E-state index contributed by atoms with van der Waals surface area (Å²) < 4.78 is 0. The Morgan fingerprint density at radius 3 is 1.18 bits per heavy atom. The van der Waals surface area contributed by atoms with E-state index < -0.39 is 0 Å². The zero-order valence-corrected chi connectivity index (χ0v) is 60.3. The number of hydrogen-bond donors (Lipinski definition) is 0. The van der Waals surface area contributed by atoms with E-state index >= 15 is 0 Å². The number of nitrogens with zero attached hydrogens (tertiary/aromatic N) is 2. The van der Waals surface area contributed by atoms with Gasteiger partial charge in [0.2, 0.25) is 0 Å². The van der Waals surface area contributed by atoms with Crippen molar-refractivity contribution in [3.63, 3.8) is 0 Å². The highest BCUT2D eigenvalue weighted by atomic mass is 15.2. The first-order valence-corrected chi connectivity index (χ1v) is 37.0. The number of fused-ring (bicyclic) bond motifs is 12. The van der Waals surface area contributed by atoms with Crippen molar-refractivity contribution in [2.24, 2.45) is 0 Å². The maximum absolute atomic E-state index is 2.59. The molecule has 19 rings (SSSR count). The van der Waals surface area contributed by atoms with Crippen LogP contribution in [0.5, 0.6) is 0 Å². The molecule has 0 aromatic heterocycles. The standard InChI is InChI=1S/C103H78N2/c1-65-56-76(68-28-11-8-12-29-68)57-66(2)100(65)105(80-53-48-71(49-54-80)88-60-74-34-17-19-36-81(74)83-38-21-22-39-84(83)88)97-64-78(63-95-99(97)87-41-24-26-43-93(87)103(95,6)7)73-50-55-85-89(61-75-35-18-20-37-82(75)91(85)59-73)72-46-51-79(52-47-72)104(96-45-27-44-94-98(96)86-40-23-25-42-92(86)102(94,4)5)101-67(3)58-77(69-30-13-9-14-31-69)62-90(101)70-32-15-10-16-33-70/h8-64H,1-7H3. The quantitative estimate of drug-likeness (QED) is 0.113. The van der Waals surface area contributed by atoms with E-state index in [0.29, 0.717) is 0 Å². The maximum Gasteiger partial charge on any atom is 0.0569 e. The second-order valence-corrected chi connectivity index (χ2v) is 30.1. The average molecular weight is 1340 g/mol. The summed E-state index contributed by atoms with van der Waals surface area (Å²) in [5.74, 6) is 0. The Hall–Kier alpha value is -12.6. The van der Waals surface area contributed by atoms with Gasteiger partial charge < -0.3 is 9.80 Å². The highest BCUT2D eigenvalue weighted by molar-refractivity contribution is 6.16. The van der Waals surface area contributed by atoms with Crippen LogP contribution in [-0.4, -0.2) is 0 Å². The Balaban J connectivity index is 0.787. The van der Waals surface area contributed by atoms with Crippen LogP contribution in [0.25, 0.3) is 132 Å². The van der Waals surface area contributed by atoms with Crippen LogP contribution < -0.4 is 9.80 Å². The van der Waals surface area contributed by atoms with Crippen LogP contribution in [0, 0.1) is 20.8 Å². The van der Waals surface area contributed by atoms with Crippen LogP contribution in [0.4, 0.5) is 34.1 Å². The largest absolute Gasteiger partial charge is 0.309 e. The summed E-state index contributed by atoms with van der Waals surface area (Å²) in [6.07, 6.45) is 0. The van der Waals surface area contributed by atoms with Gasteiger partial charge in [-0.05, 0) is 260 Å². The highest BCUT2D eigenvalue weighted by Crippen LogP contribution is 2.59. The number of rotatable bonds is 12. The molecule has 0 bridgehead atoms. The Bertz CT molecular complexity index is 6320. The molecule has 500 valence electrons. The SMILES string of the molecule is Cc1cc(-c2ccccc2)cc(C)c1N(c1ccc(-c2cc3ccccc3c3ccccc23)cc1)c1cc(-c2ccc3c(-c4ccc(N(c5cccc6c5-c5ccccc5C6(C)C)c5c(C)cc(-c6ccccc6)cc5-c5ccccc5)cc4)cc4ccccc4c3c2)cc2c1-c1ccccc1C2(C)C. The Kier molecular flexibility index (Phi) is 15.0.